The van der Waals surface area contributed by atoms with E-state index in [0.717, 1.165) is 27.9 Å². The number of benzene rings is 1. The molecule has 0 radical (unpaired) electrons. The van der Waals surface area contributed by atoms with E-state index in [1.54, 1.807) is 37.1 Å². The van der Waals surface area contributed by atoms with Gasteiger partial charge in [-0.25, -0.2) is 14.5 Å². The Bertz CT molecular complexity index is 1890. The molecule has 0 saturated heterocycles. The summed E-state index contributed by atoms with van der Waals surface area (Å²) in [5.41, 5.74) is 12.1. The number of carbonyl (C=O) groups excluding carboxylic acids is 1. The van der Waals surface area contributed by atoms with E-state index in [4.69, 9.17) is 10.7 Å². The molecule has 1 atom stereocenters. The maximum Gasteiger partial charge on any atom is 0.259 e. The number of nitrogens with one attached hydrogen (secondary N) is 1. The Balaban J connectivity index is 1.43. The average molecular weight is 511 g/mol. The number of rotatable bonds is 4. The van der Waals surface area contributed by atoms with Gasteiger partial charge in [0.1, 0.15) is 11.1 Å². The van der Waals surface area contributed by atoms with Gasteiger partial charge in [0.25, 0.3) is 5.91 Å². The highest BCUT2D eigenvalue weighted by atomic mass is 16.1. The fourth-order valence-electron chi connectivity index (χ4n) is 4.39. The van der Waals surface area contributed by atoms with Crippen molar-refractivity contribution in [3.05, 3.63) is 114 Å². The number of aromatic nitrogens is 6. The van der Waals surface area contributed by atoms with Crippen molar-refractivity contribution < 1.29 is 4.79 Å². The lowest BCUT2D eigenvalue weighted by molar-refractivity contribution is 0.0942. The number of anilines is 1. The van der Waals surface area contributed by atoms with E-state index in [0.29, 0.717) is 16.7 Å². The highest BCUT2D eigenvalue weighted by molar-refractivity contribution is 6.04. The minimum atomic E-state index is -0.434. The molecule has 1 amide bonds. The van der Waals surface area contributed by atoms with Crippen LogP contribution >= 0.6 is 0 Å². The summed E-state index contributed by atoms with van der Waals surface area (Å²) in [5, 5.41) is 7.26. The van der Waals surface area contributed by atoms with Gasteiger partial charge >= 0.3 is 0 Å². The highest BCUT2D eigenvalue weighted by Gasteiger charge is 2.23. The van der Waals surface area contributed by atoms with Crippen molar-refractivity contribution in [3.8, 4) is 23.1 Å². The summed E-state index contributed by atoms with van der Waals surface area (Å²) >= 11 is 0. The SMILES string of the molecule is CC(NC(=O)c1c(N)nn2cccnc12)c1cc2nccc(C#Cc3ccncc3)c2nc1-c1ccccc1. The fourth-order valence-corrected chi connectivity index (χ4v) is 4.39. The van der Waals surface area contributed by atoms with Gasteiger partial charge < -0.3 is 11.1 Å². The topological polar surface area (TPSA) is 124 Å². The van der Waals surface area contributed by atoms with Gasteiger partial charge in [-0.15, -0.1) is 5.10 Å². The molecular formula is C30H22N8O. The first-order chi connectivity index (χ1) is 19.1. The summed E-state index contributed by atoms with van der Waals surface area (Å²) in [5.74, 6) is 6.13. The average Bonchev–Trinajstić information content (AvgIpc) is 3.32. The normalized spacial score (nSPS) is 11.6. The Labute approximate surface area is 223 Å². The highest BCUT2D eigenvalue weighted by Crippen LogP contribution is 2.31. The summed E-state index contributed by atoms with van der Waals surface area (Å²) in [4.78, 5) is 31.3. The van der Waals surface area contributed by atoms with Crippen LogP contribution in [0.1, 0.15) is 40.0 Å². The van der Waals surface area contributed by atoms with Gasteiger partial charge in [-0.3, -0.25) is 14.8 Å². The Morgan fingerprint density at radius 2 is 1.79 bits per heavy atom. The van der Waals surface area contributed by atoms with Crippen LogP contribution in [0, 0.1) is 11.8 Å². The lowest BCUT2D eigenvalue weighted by Gasteiger charge is -2.19. The Morgan fingerprint density at radius 1 is 0.974 bits per heavy atom. The van der Waals surface area contributed by atoms with Gasteiger partial charge in [0.2, 0.25) is 0 Å². The standard InChI is InChI=1S/C30H22N8O/c1-19(35-30(39)25-28(31)37-38-17-5-13-34-29(25)38)23-18-24-27(36-26(23)21-6-3-2-4-7-21)22(12-16-33-24)9-8-20-10-14-32-15-11-20/h2-7,10-19H,1H3,(H2,31,37)(H,35,39). The maximum atomic E-state index is 13.4. The largest absolute Gasteiger partial charge is 0.381 e. The number of nitrogens with zero attached hydrogens (tertiary/aromatic N) is 6. The van der Waals surface area contributed by atoms with Crippen molar-refractivity contribution in [1.82, 2.24) is 34.9 Å². The van der Waals surface area contributed by atoms with Gasteiger partial charge in [-0.2, -0.15) is 0 Å². The van der Waals surface area contributed by atoms with Gasteiger partial charge in [0.05, 0.1) is 22.8 Å². The zero-order chi connectivity index (χ0) is 26.8. The van der Waals surface area contributed by atoms with E-state index < -0.39 is 6.04 Å². The van der Waals surface area contributed by atoms with Crippen LogP contribution in [0.5, 0.6) is 0 Å². The first-order valence-electron chi connectivity index (χ1n) is 12.3. The number of nitrogen functional groups attached to an aromatic ring is 1. The molecule has 6 aromatic rings. The molecule has 39 heavy (non-hydrogen) atoms. The van der Waals surface area contributed by atoms with Crippen LogP contribution in [0.2, 0.25) is 0 Å². The van der Waals surface area contributed by atoms with Crippen molar-refractivity contribution in [1.29, 1.82) is 0 Å². The molecule has 188 valence electrons. The summed E-state index contributed by atoms with van der Waals surface area (Å²) in [6.45, 7) is 1.90. The van der Waals surface area contributed by atoms with Gasteiger partial charge in [0.15, 0.2) is 11.5 Å². The molecule has 0 saturated carbocycles. The van der Waals surface area contributed by atoms with Crippen LogP contribution in [0.4, 0.5) is 5.82 Å². The summed E-state index contributed by atoms with van der Waals surface area (Å²) in [6.07, 6.45) is 8.41. The van der Waals surface area contributed by atoms with Crippen LogP contribution in [-0.2, 0) is 0 Å². The molecule has 9 nitrogen and oxygen atoms in total. The molecule has 5 aromatic heterocycles. The predicted octanol–water partition coefficient (Wildman–Crippen LogP) is 4.21. The minimum absolute atomic E-state index is 0.109. The molecule has 9 heteroatoms. The summed E-state index contributed by atoms with van der Waals surface area (Å²) in [7, 11) is 0. The second-order valence-electron chi connectivity index (χ2n) is 8.85. The number of amides is 1. The third-order valence-electron chi connectivity index (χ3n) is 6.27. The molecular weight excluding hydrogens is 488 g/mol. The van der Waals surface area contributed by atoms with Gasteiger partial charge in [0, 0.05) is 47.7 Å². The van der Waals surface area contributed by atoms with Gasteiger partial charge in [-0.05, 0) is 37.3 Å². The van der Waals surface area contributed by atoms with Crippen molar-refractivity contribution in [3.63, 3.8) is 0 Å². The summed E-state index contributed by atoms with van der Waals surface area (Å²) < 4.78 is 1.49. The number of nitrogens with two attached hydrogens (primary N) is 1. The van der Waals surface area contributed by atoms with E-state index >= 15 is 0 Å². The molecule has 0 spiro atoms. The molecule has 0 aliphatic heterocycles. The maximum absolute atomic E-state index is 13.4. The van der Waals surface area contributed by atoms with Crippen LogP contribution in [-0.4, -0.2) is 35.5 Å². The third-order valence-corrected chi connectivity index (χ3v) is 6.27. The first-order valence-corrected chi connectivity index (χ1v) is 12.3. The van der Waals surface area contributed by atoms with Crippen LogP contribution in [0.3, 0.4) is 0 Å². The van der Waals surface area contributed by atoms with Crippen LogP contribution < -0.4 is 11.1 Å². The zero-order valence-electron chi connectivity index (χ0n) is 20.9. The quantitative estimate of drug-likeness (QED) is 0.341. The van der Waals surface area contributed by atoms with E-state index in [-0.39, 0.29) is 17.3 Å². The molecule has 0 aliphatic rings. The van der Waals surface area contributed by atoms with E-state index in [2.05, 4.69) is 37.2 Å². The smallest absolute Gasteiger partial charge is 0.259 e. The Hall–Kier alpha value is -5.62. The molecule has 6 rings (SSSR count). The second-order valence-corrected chi connectivity index (χ2v) is 8.85. The zero-order valence-corrected chi connectivity index (χ0v) is 20.9. The lowest BCUT2D eigenvalue weighted by Crippen LogP contribution is -2.28. The monoisotopic (exact) mass is 510 g/mol. The molecule has 0 bridgehead atoms. The number of hydrogen-bond acceptors (Lipinski definition) is 7. The number of fused-ring (bicyclic) bond motifs is 2. The van der Waals surface area contributed by atoms with Crippen molar-refractivity contribution in [2.75, 3.05) is 5.73 Å². The van der Waals surface area contributed by atoms with Crippen molar-refractivity contribution >= 4 is 28.4 Å². The third kappa shape index (κ3) is 4.63. The van der Waals surface area contributed by atoms with E-state index in [9.17, 15) is 4.79 Å². The van der Waals surface area contributed by atoms with E-state index in [1.807, 2.05) is 61.5 Å². The Kier molecular flexibility index (Phi) is 6.11. The Morgan fingerprint density at radius 3 is 2.62 bits per heavy atom. The molecule has 3 N–H and O–H groups in total. The van der Waals surface area contributed by atoms with Crippen molar-refractivity contribution in [2.24, 2.45) is 0 Å². The predicted molar refractivity (Wildman–Crippen MR) is 148 cm³/mol. The van der Waals surface area contributed by atoms with Crippen LogP contribution in [0.15, 0.2) is 91.6 Å². The van der Waals surface area contributed by atoms with E-state index in [1.165, 1.54) is 4.52 Å². The number of carbonyl (C=O) groups is 1. The molecule has 1 aromatic carbocycles. The second kappa shape index (κ2) is 10.0. The minimum Gasteiger partial charge on any atom is -0.381 e. The lowest BCUT2D eigenvalue weighted by atomic mass is 9.98. The molecule has 1 unspecified atom stereocenters. The van der Waals surface area contributed by atoms with Gasteiger partial charge in [-0.1, -0.05) is 42.2 Å². The summed E-state index contributed by atoms with van der Waals surface area (Å²) in [6, 6.07) is 18.6. The fraction of sp³-hybridized carbons (Fsp3) is 0.0667. The number of hydrogen-bond donors (Lipinski definition) is 2. The first kappa shape index (κ1) is 23.8. The molecule has 5 heterocycles. The van der Waals surface area contributed by atoms with Crippen LogP contribution in [0.25, 0.3) is 27.9 Å². The number of pyridine rings is 3. The van der Waals surface area contributed by atoms with Crippen molar-refractivity contribution in [2.45, 2.75) is 13.0 Å². The molecule has 0 aliphatic carbocycles. The molecule has 0 fully saturated rings.